The number of benzene rings is 1. The Morgan fingerprint density at radius 3 is 2.54 bits per heavy atom. The van der Waals surface area contributed by atoms with Crippen molar-refractivity contribution in [3.05, 3.63) is 35.0 Å². The minimum absolute atomic E-state index is 0.0329. The van der Waals surface area contributed by atoms with E-state index >= 15 is 0 Å². The number of amides is 1. The van der Waals surface area contributed by atoms with Gasteiger partial charge in [0, 0.05) is 18.3 Å². The Morgan fingerprint density at radius 1 is 1.32 bits per heavy atom. The molecule has 1 amide bonds. The molecule has 2 rings (SSSR count). The highest BCUT2D eigenvalue weighted by atomic mass is 19.4. The number of aliphatic hydroxyl groups is 1. The number of esters is 1. The summed E-state index contributed by atoms with van der Waals surface area (Å²) in [6, 6.07) is 2.98. The van der Waals surface area contributed by atoms with Crippen molar-refractivity contribution in [2.75, 3.05) is 32.1 Å². The zero-order valence-electron chi connectivity index (χ0n) is 15.6. The number of β-amino-alcohol motifs (C(OH)–C–C–N with tert-alkyl or cyclic N) is 1. The maximum Gasteiger partial charge on any atom is 0.416 e. The van der Waals surface area contributed by atoms with Crippen molar-refractivity contribution in [3.63, 3.8) is 0 Å². The summed E-state index contributed by atoms with van der Waals surface area (Å²) >= 11 is 0. The maximum absolute atomic E-state index is 13.2. The van der Waals surface area contributed by atoms with Gasteiger partial charge in [0.15, 0.2) is 0 Å². The molecule has 1 aromatic carbocycles. The van der Waals surface area contributed by atoms with E-state index in [-0.39, 0.29) is 48.5 Å². The molecule has 1 aromatic rings. The van der Waals surface area contributed by atoms with Gasteiger partial charge in [-0.1, -0.05) is 0 Å². The lowest BCUT2D eigenvalue weighted by molar-refractivity contribution is -0.138. The van der Waals surface area contributed by atoms with E-state index in [2.05, 4.69) is 10.1 Å². The standard InChI is InChI=1S/C18H21F3N2O5/c1-10(2)28-13-7-11(18(19,20)21)6-12(8-13)22-15-14(17(26)27-3)9-23(4-5-24)16(15)25/h6-8,10,22,24H,4-5,9H2,1-3H3. The maximum atomic E-state index is 13.2. The molecule has 0 aromatic heterocycles. The predicted molar refractivity (Wildman–Crippen MR) is 93.5 cm³/mol. The van der Waals surface area contributed by atoms with Crippen LogP contribution in [0.5, 0.6) is 5.75 Å². The van der Waals surface area contributed by atoms with Crippen molar-refractivity contribution in [3.8, 4) is 5.75 Å². The average Bonchev–Trinajstić information content (AvgIpc) is 2.89. The number of anilines is 1. The molecule has 0 radical (unpaired) electrons. The molecule has 0 unspecified atom stereocenters. The van der Waals surface area contributed by atoms with Crippen LogP contribution in [0.4, 0.5) is 18.9 Å². The van der Waals surface area contributed by atoms with Crippen molar-refractivity contribution in [2.45, 2.75) is 26.1 Å². The summed E-state index contributed by atoms with van der Waals surface area (Å²) in [6.07, 6.45) is -5.00. The molecule has 0 saturated heterocycles. The fourth-order valence-electron chi connectivity index (χ4n) is 2.67. The molecule has 1 heterocycles. The van der Waals surface area contributed by atoms with Crippen LogP contribution in [0.25, 0.3) is 0 Å². The van der Waals surface area contributed by atoms with Crippen molar-refractivity contribution in [2.24, 2.45) is 0 Å². The molecule has 2 N–H and O–H groups in total. The number of hydrogen-bond acceptors (Lipinski definition) is 6. The van der Waals surface area contributed by atoms with Gasteiger partial charge in [-0.15, -0.1) is 0 Å². The van der Waals surface area contributed by atoms with Gasteiger partial charge in [0.25, 0.3) is 5.91 Å². The number of carbonyl (C=O) groups is 2. The monoisotopic (exact) mass is 402 g/mol. The number of rotatable bonds is 7. The molecule has 7 nitrogen and oxygen atoms in total. The summed E-state index contributed by atoms with van der Waals surface area (Å²) < 4.78 is 49.7. The van der Waals surface area contributed by atoms with Gasteiger partial charge in [0.05, 0.1) is 37.5 Å². The number of nitrogens with zero attached hydrogens (tertiary/aromatic N) is 1. The number of methoxy groups -OCH3 is 1. The van der Waals surface area contributed by atoms with Gasteiger partial charge in [-0.25, -0.2) is 4.79 Å². The molecule has 0 aliphatic carbocycles. The van der Waals surface area contributed by atoms with Crippen LogP contribution in [0.15, 0.2) is 29.5 Å². The molecular formula is C18H21F3N2O5. The topological polar surface area (TPSA) is 88.1 Å². The summed E-state index contributed by atoms with van der Waals surface area (Å²) in [6.45, 7) is 2.85. The van der Waals surface area contributed by atoms with Crippen LogP contribution in [-0.4, -0.2) is 54.8 Å². The van der Waals surface area contributed by atoms with E-state index < -0.39 is 23.6 Å². The van der Waals surface area contributed by atoms with E-state index in [1.165, 1.54) is 11.0 Å². The van der Waals surface area contributed by atoms with E-state index in [1.807, 2.05) is 0 Å². The van der Waals surface area contributed by atoms with E-state index in [9.17, 15) is 22.8 Å². The summed E-state index contributed by atoms with van der Waals surface area (Å²) in [7, 11) is 1.13. The van der Waals surface area contributed by atoms with Gasteiger partial charge in [-0.05, 0) is 26.0 Å². The normalized spacial score (nSPS) is 14.7. The minimum Gasteiger partial charge on any atom is -0.491 e. The quantitative estimate of drug-likeness (QED) is 0.680. The van der Waals surface area contributed by atoms with Crippen LogP contribution in [0.2, 0.25) is 0 Å². The van der Waals surface area contributed by atoms with Gasteiger partial charge < -0.3 is 24.8 Å². The first-order valence-electron chi connectivity index (χ1n) is 8.44. The van der Waals surface area contributed by atoms with Crippen LogP contribution in [0.3, 0.4) is 0 Å². The van der Waals surface area contributed by atoms with Crippen LogP contribution < -0.4 is 10.1 Å². The third-order valence-corrected chi connectivity index (χ3v) is 3.83. The number of alkyl halides is 3. The predicted octanol–water partition coefficient (Wildman–Crippen LogP) is 2.17. The zero-order valence-corrected chi connectivity index (χ0v) is 15.6. The molecule has 0 saturated carbocycles. The second kappa shape index (κ2) is 8.51. The smallest absolute Gasteiger partial charge is 0.416 e. The highest BCUT2D eigenvalue weighted by molar-refractivity contribution is 6.08. The second-order valence-electron chi connectivity index (χ2n) is 6.33. The molecule has 28 heavy (non-hydrogen) atoms. The first kappa shape index (κ1) is 21.5. The van der Waals surface area contributed by atoms with Crippen LogP contribution in [0.1, 0.15) is 19.4 Å². The minimum atomic E-state index is -4.63. The second-order valence-corrected chi connectivity index (χ2v) is 6.33. The fraction of sp³-hybridized carbons (Fsp3) is 0.444. The largest absolute Gasteiger partial charge is 0.491 e. The highest BCUT2D eigenvalue weighted by Gasteiger charge is 2.36. The number of ether oxygens (including phenoxy) is 2. The van der Waals surface area contributed by atoms with Gasteiger partial charge in [-0.2, -0.15) is 13.2 Å². The molecular weight excluding hydrogens is 381 g/mol. The molecule has 0 fully saturated rings. The van der Waals surface area contributed by atoms with Gasteiger partial charge >= 0.3 is 12.1 Å². The third kappa shape index (κ3) is 4.94. The third-order valence-electron chi connectivity index (χ3n) is 3.83. The van der Waals surface area contributed by atoms with E-state index in [0.29, 0.717) is 0 Å². The van der Waals surface area contributed by atoms with Gasteiger partial charge in [0.1, 0.15) is 11.4 Å². The molecule has 154 valence electrons. The van der Waals surface area contributed by atoms with Crippen molar-refractivity contribution >= 4 is 17.6 Å². The molecule has 0 atom stereocenters. The Hall–Kier alpha value is -2.75. The summed E-state index contributed by atoms with van der Waals surface area (Å²) in [5.74, 6) is -1.45. The number of hydrogen-bond donors (Lipinski definition) is 2. The lowest BCUT2D eigenvalue weighted by atomic mass is 10.1. The lowest BCUT2D eigenvalue weighted by Crippen LogP contribution is -2.31. The Balaban J connectivity index is 2.45. The molecule has 0 bridgehead atoms. The summed E-state index contributed by atoms with van der Waals surface area (Å²) in [5.41, 5.74) is -1.27. The lowest BCUT2D eigenvalue weighted by Gasteiger charge is -2.17. The number of carbonyl (C=O) groups excluding carboxylic acids is 2. The first-order chi connectivity index (χ1) is 13.1. The Kier molecular flexibility index (Phi) is 6.55. The van der Waals surface area contributed by atoms with Crippen LogP contribution >= 0.6 is 0 Å². The van der Waals surface area contributed by atoms with E-state index in [0.717, 1.165) is 19.2 Å². The number of nitrogens with one attached hydrogen (secondary N) is 1. The zero-order chi connectivity index (χ0) is 21.1. The summed E-state index contributed by atoms with van der Waals surface area (Å²) in [4.78, 5) is 25.7. The number of aliphatic hydroxyl groups excluding tert-OH is 1. The molecule has 1 aliphatic rings. The van der Waals surface area contributed by atoms with Crippen LogP contribution in [0, 0.1) is 0 Å². The SMILES string of the molecule is COC(=O)C1=C(Nc2cc(OC(C)C)cc(C(F)(F)F)c2)C(=O)N(CCO)C1. The first-order valence-corrected chi connectivity index (χ1v) is 8.44. The Morgan fingerprint density at radius 2 is 2.00 bits per heavy atom. The highest BCUT2D eigenvalue weighted by Crippen LogP contribution is 2.35. The van der Waals surface area contributed by atoms with Crippen molar-refractivity contribution in [1.29, 1.82) is 0 Å². The molecule has 10 heteroatoms. The molecule has 0 spiro atoms. The van der Waals surface area contributed by atoms with Crippen molar-refractivity contribution < 1.29 is 37.3 Å². The van der Waals surface area contributed by atoms with Gasteiger partial charge in [0.2, 0.25) is 0 Å². The van der Waals surface area contributed by atoms with Crippen molar-refractivity contribution in [1.82, 2.24) is 4.90 Å². The Bertz CT molecular complexity index is 790. The van der Waals surface area contributed by atoms with Crippen LogP contribution in [-0.2, 0) is 20.5 Å². The average molecular weight is 402 g/mol. The van der Waals surface area contributed by atoms with E-state index in [1.54, 1.807) is 13.8 Å². The van der Waals surface area contributed by atoms with Gasteiger partial charge in [-0.3, -0.25) is 4.79 Å². The fourth-order valence-corrected chi connectivity index (χ4v) is 2.67. The summed E-state index contributed by atoms with van der Waals surface area (Å²) in [5, 5.41) is 11.7. The van der Waals surface area contributed by atoms with E-state index in [4.69, 9.17) is 9.84 Å². The molecule has 1 aliphatic heterocycles. The Labute approximate surface area is 159 Å². The number of halogens is 3.